The number of rotatable bonds is 5. The smallest absolute Gasteiger partial charge is 0.319 e. The van der Waals surface area contributed by atoms with E-state index in [1.165, 1.54) is 10.5 Å². The van der Waals surface area contributed by atoms with Gasteiger partial charge in [-0.05, 0) is 47.9 Å². The number of hydrogen-bond acceptors (Lipinski definition) is 3. The van der Waals surface area contributed by atoms with Crippen molar-refractivity contribution in [3.63, 3.8) is 0 Å². The van der Waals surface area contributed by atoms with Crippen molar-refractivity contribution in [2.75, 3.05) is 6.26 Å². The first-order valence-electron chi connectivity index (χ1n) is 8.72. The van der Waals surface area contributed by atoms with Gasteiger partial charge in [0.2, 0.25) is 0 Å². The van der Waals surface area contributed by atoms with Crippen molar-refractivity contribution in [3.05, 3.63) is 65.2 Å². The topological polar surface area (TPSA) is 49.4 Å². The predicted molar refractivity (Wildman–Crippen MR) is 105 cm³/mol. The molecule has 136 valence electrons. The summed E-state index contributed by atoms with van der Waals surface area (Å²) in [6.45, 7) is 6.31. The molecule has 5 heteroatoms. The Morgan fingerprint density at radius 3 is 2.19 bits per heavy atom. The molecule has 0 aromatic heterocycles. The number of amides is 3. The molecule has 1 aliphatic rings. The SMILES string of the molecule is CSc1ccc(CN2C(=O)N[C@](C)(c3ccc(C(C)C)cc3)C2=O)cc1. The van der Waals surface area contributed by atoms with Crippen molar-refractivity contribution < 1.29 is 9.59 Å². The third kappa shape index (κ3) is 3.36. The molecule has 1 atom stereocenters. The Hall–Kier alpha value is -2.27. The van der Waals surface area contributed by atoms with Gasteiger partial charge in [-0.3, -0.25) is 9.69 Å². The zero-order valence-electron chi connectivity index (χ0n) is 15.6. The van der Waals surface area contributed by atoms with E-state index in [0.29, 0.717) is 5.92 Å². The molecule has 1 fully saturated rings. The number of nitrogens with zero attached hydrogens (tertiary/aromatic N) is 1. The molecule has 0 radical (unpaired) electrons. The molecule has 0 unspecified atom stereocenters. The molecular formula is C21H24N2O2S. The minimum atomic E-state index is -1.02. The first kappa shape index (κ1) is 18.5. The molecule has 0 saturated carbocycles. The molecule has 0 bridgehead atoms. The second-order valence-corrected chi connectivity index (χ2v) is 7.95. The second kappa shape index (κ2) is 7.16. The maximum Gasteiger partial charge on any atom is 0.325 e. The van der Waals surface area contributed by atoms with Crippen LogP contribution in [0.1, 0.15) is 43.4 Å². The maximum atomic E-state index is 13.0. The summed E-state index contributed by atoms with van der Waals surface area (Å²) in [4.78, 5) is 27.9. The monoisotopic (exact) mass is 368 g/mol. The molecule has 2 aromatic carbocycles. The van der Waals surface area contributed by atoms with Crippen molar-refractivity contribution >= 4 is 23.7 Å². The lowest BCUT2D eigenvalue weighted by Gasteiger charge is -2.23. The quantitative estimate of drug-likeness (QED) is 0.624. The molecule has 0 aliphatic carbocycles. The van der Waals surface area contributed by atoms with E-state index >= 15 is 0 Å². The molecule has 2 aromatic rings. The lowest BCUT2D eigenvalue weighted by molar-refractivity contribution is -0.131. The van der Waals surface area contributed by atoms with Crippen LogP contribution in [-0.2, 0) is 16.9 Å². The summed E-state index contributed by atoms with van der Waals surface area (Å²) in [6.07, 6.45) is 2.02. The van der Waals surface area contributed by atoms with Crippen LogP contribution in [0.4, 0.5) is 4.79 Å². The van der Waals surface area contributed by atoms with Crippen molar-refractivity contribution in [1.82, 2.24) is 10.2 Å². The zero-order valence-corrected chi connectivity index (χ0v) is 16.4. The first-order chi connectivity index (χ1) is 12.3. The van der Waals surface area contributed by atoms with Gasteiger partial charge in [-0.1, -0.05) is 50.2 Å². The van der Waals surface area contributed by atoms with Gasteiger partial charge in [0.15, 0.2) is 0 Å². The van der Waals surface area contributed by atoms with Gasteiger partial charge in [0.05, 0.1) is 6.54 Å². The lowest BCUT2D eigenvalue weighted by atomic mass is 9.90. The number of carbonyl (C=O) groups excluding carboxylic acids is 2. The van der Waals surface area contributed by atoms with Crippen molar-refractivity contribution in [3.8, 4) is 0 Å². The first-order valence-corrected chi connectivity index (χ1v) is 9.95. The van der Waals surface area contributed by atoms with E-state index < -0.39 is 5.54 Å². The van der Waals surface area contributed by atoms with Crippen LogP contribution < -0.4 is 5.32 Å². The van der Waals surface area contributed by atoms with Crippen LogP contribution in [-0.4, -0.2) is 23.1 Å². The molecule has 1 saturated heterocycles. The van der Waals surface area contributed by atoms with Crippen molar-refractivity contribution in [2.45, 2.75) is 43.7 Å². The standard InChI is InChI=1S/C21H24N2O2S/c1-14(2)16-7-9-17(10-8-16)21(3)19(24)23(20(25)22-21)13-15-5-11-18(26-4)12-6-15/h5-12,14H,13H2,1-4H3,(H,22,25)/t21-/m1/s1. The highest BCUT2D eigenvalue weighted by atomic mass is 32.2. The molecule has 4 nitrogen and oxygen atoms in total. The number of thioether (sulfide) groups is 1. The largest absolute Gasteiger partial charge is 0.325 e. The number of hydrogen-bond donors (Lipinski definition) is 1. The summed E-state index contributed by atoms with van der Waals surface area (Å²) < 4.78 is 0. The third-order valence-corrected chi connectivity index (χ3v) is 5.67. The van der Waals surface area contributed by atoms with E-state index in [1.807, 2.05) is 54.8 Å². The minimum Gasteiger partial charge on any atom is -0.319 e. The van der Waals surface area contributed by atoms with Gasteiger partial charge in [0.1, 0.15) is 5.54 Å². The van der Waals surface area contributed by atoms with Crippen molar-refractivity contribution in [1.29, 1.82) is 0 Å². The molecule has 1 heterocycles. The number of carbonyl (C=O) groups is 2. The third-order valence-electron chi connectivity index (χ3n) is 4.93. The number of urea groups is 1. The highest BCUT2D eigenvalue weighted by Crippen LogP contribution is 2.31. The summed E-state index contributed by atoms with van der Waals surface area (Å²) in [5, 5.41) is 2.87. The molecular weight excluding hydrogens is 344 g/mol. The van der Waals surface area contributed by atoms with Crippen LogP contribution in [0.2, 0.25) is 0 Å². The number of benzene rings is 2. The summed E-state index contributed by atoms with van der Waals surface area (Å²) in [6, 6.07) is 15.5. The predicted octanol–water partition coefficient (Wildman–Crippen LogP) is 4.50. The maximum absolute atomic E-state index is 13.0. The fraction of sp³-hybridized carbons (Fsp3) is 0.333. The van der Waals surface area contributed by atoms with E-state index in [9.17, 15) is 9.59 Å². The number of nitrogens with one attached hydrogen (secondary N) is 1. The summed E-state index contributed by atoms with van der Waals surface area (Å²) in [7, 11) is 0. The van der Waals surface area contributed by atoms with Crippen molar-refractivity contribution in [2.24, 2.45) is 0 Å². The summed E-state index contributed by atoms with van der Waals surface area (Å²) >= 11 is 1.66. The lowest BCUT2D eigenvalue weighted by Crippen LogP contribution is -2.40. The van der Waals surface area contributed by atoms with Gasteiger partial charge in [-0.2, -0.15) is 0 Å². The van der Waals surface area contributed by atoms with E-state index in [0.717, 1.165) is 16.0 Å². The van der Waals surface area contributed by atoms with Crippen LogP contribution in [0.15, 0.2) is 53.4 Å². The normalized spacial score (nSPS) is 20.0. The average Bonchev–Trinajstić information content (AvgIpc) is 2.86. The molecule has 0 spiro atoms. The van der Waals surface area contributed by atoms with Gasteiger partial charge in [-0.25, -0.2) is 4.79 Å². The van der Waals surface area contributed by atoms with Gasteiger partial charge >= 0.3 is 6.03 Å². The molecule has 1 N–H and O–H groups in total. The molecule has 3 amide bonds. The zero-order chi connectivity index (χ0) is 18.9. The van der Waals surface area contributed by atoms with Gasteiger partial charge in [0.25, 0.3) is 5.91 Å². The van der Waals surface area contributed by atoms with Crippen LogP contribution in [0.5, 0.6) is 0 Å². The van der Waals surface area contributed by atoms with Gasteiger partial charge < -0.3 is 5.32 Å². The van der Waals surface area contributed by atoms with Crippen LogP contribution in [0.3, 0.4) is 0 Å². The van der Waals surface area contributed by atoms with Gasteiger partial charge in [0, 0.05) is 4.90 Å². The Morgan fingerprint density at radius 2 is 1.65 bits per heavy atom. The number of imide groups is 1. The highest BCUT2D eigenvalue weighted by molar-refractivity contribution is 7.98. The Kier molecular flexibility index (Phi) is 5.10. The van der Waals surface area contributed by atoms with Crippen LogP contribution >= 0.6 is 11.8 Å². The van der Waals surface area contributed by atoms with E-state index in [1.54, 1.807) is 18.7 Å². The Labute approximate surface area is 159 Å². The minimum absolute atomic E-state index is 0.214. The average molecular weight is 369 g/mol. The van der Waals surface area contributed by atoms with Gasteiger partial charge in [-0.15, -0.1) is 11.8 Å². The van der Waals surface area contributed by atoms with E-state index in [-0.39, 0.29) is 18.5 Å². The Bertz CT molecular complexity index is 815. The van der Waals surface area contributed by atoms with Crippen LogP contribution in [0, 0.1) is 0 Å². The fourth-order valence-electron chi connectivity index (χ4n) is 3.15. The summed E-state index contributed by atoms with van der Waals surface area (Å²) in [5.41, 5.74) is 1.93. The van der Waals surface area contributed by atoms with Crippen LogP contribution in [0.25, 0.3) is 0 Å². The fourth-order valence-corrected chi connectivity index (χ4v) is 3.56. The summed E-state index contributed by atoms with van der Waals surface area (Å²) in [5.74, 6) is 0.209. The van der Waals surface area contributed by atoms with E-state index in [2.05, 4.69) is 19.2 Å². The Balaban J connectivity index is 1.82. The Morgan fingerprint density at radius 1 is 1.04 bits per heavy atom. The molecule has 1 aliphatic heterocycles. The molecule has 3 rings (SSSR count). The van der Waals surface area contributed by atoms with E-state index in [4.69, 9.17) is 0 Å². The second-order valence-electron chi connectivity index (χ2n) is 7.07. The highest BCUT2D eigenvalue weighted by Gasteiger charge is 2.48. The molecule has 26 heavy (non-hydrogen) atoms.